The summed E-state index contributed by atoms with van der Waals surface area (Å²) in [6, 6.07) is 12.0. The van der Waals surface area contributed by atoms with E-state index in [1.807, 2.05) is 49.5 Å². The van der Waals surface area contributed by atoms with E-state index in [1.54, 1.807) is 9.80 Å². The van der Waals surface area contributed by atoms with Crippen molar-refractivity contribution in [1.29, 1.82) is 0 Å². The number of sulfonamides is 1. The third-order valence-electron chi connectivity index (χ3n) is 6.90. The van der Waals surface area contributed by atoms with Gasteiger partial charge in [-0.25, -0.2) is 13.4 Å². The van der Waals surface area contributed by atoms with Crippen LogP contribution in [0.3, 0.4) is 0 Å². The maximum absolute atomic E-state index is 12.9. The summed E-state index contributed by atoms with van der Waals surface area (Å²) in [5.74, 6) is 0.784. The number of piperazine rings is 1. The number of amides is 2. The van der Waals surface area contributed by atoms with Crippen molar-refractivity contribution in [2.24, 2.45) is 0 Å². The molecule has 1 saturated heterocycles. The number of H-pyrrole nitrogens is 1. The molecule has 0 radical (unpaired) electrons. The molecule has 0 unspecified atom stereocenters. The van der Waals surface area contributed by atoms with Crippen LogP contribution in [-0.4, -0.2) is 77.9 Å². The van der Waals surface area contributed by atoms with Crippen molar-refractivity contribution >= 4 is 39.2 Å². The minimum atomic E-state index is -3.23. The van der Waals surface area contributed by atoms with Crippen molar-refractivity contribution in [1.82, 2.24) is 19.2 Å². The fourth-order valence-corrected chi connectivity index (χ4v) is 6.26. The first-order valence-electron chi connectivity index (χ1n) is 12.5. The second kappa shape index (κ2) is 10.0. The number of hydrogen-bond acceptors (Lipinski definition) is 5. The lowest BCUT2D eigenvalue weighted by atomic mass is 10.0. The highest BCUT2D eigenvalue weighted by atomic mass is 32.2. The van der Waals surface area contributed by atoms with Crippen LogP contribution >= 0.6 is 0 Å². The summed E-state index contributed by atoms with van der Waals surface area (Å²) in [6.07, 6.45) is 5.53. The number of fused-ring (bicyclic) bond motifs is 1. The summed E-state index contributed by atoms with van der Waals surface area (Å²) in [6.45, 7) is 3.38. The van der Waals surface area contributed by atoms with Crippen molar-refractivity contribution in [2.45, 2.75) is 38.6 Å². The van der Waals surface area contributed by atoms with Crippen molar-refractivity contribution in [2.75, 3.05) is 36.8 Å². The van der Waals surface area contributed by atoms with E-state index < -0.39 is 10.0 Å². The molecular formula is C26H31N5O4S. The predicted octanol–water partition coefficient (Wildman–Crippen LogP) is 2.78. The highest BCUT2D eigenvalue weighted by molar-refractivity contribution is 7.89. The van der Waals surface area contributed by atoms with Gasteiger partial charge in [-0.2, -0.15) is 4.31 Å². The summed E-state index contributed by atoms with van der Waals surface area (Å²) >= 11 is 0. The zero-order valence-corrected chi connectivity index (χ0v) is 21.2. The first-order valence-corrected chi connectivity index (χ1v) is 14.1. The van der Waals surface area contributed by atoms with Gasteiger partial charge < -0.3 is 9.88 Å². The van der Waals surface area contributed by atoms with Crippen LogP contribution < -0.4 is 4.90 Å². The lowest BCUT2D eigenvalue weighted by Gasteiger charge is -2.34. The van der Waals surface area contributed by atoms with Crippen molar-refractivity contribution in [3.8, 4) is 11.1 Å². The van der Waals surface area contributed by atoms with Crippen LogP contribution in [0, 0.1) is 0 Å². The molecule has 0 atom stereocenters. The van der Waals surface area contributed by atoms with Crippen LogP contribution in [0.2, 0.25) is 0 Å². The smallest absolute Gasteiger partial charge is 0.227 e. The Morgan fingerprint density at radius 1 is 1.14 bits per heavy atom. The number of nitrogens with one attached hydrogen (secondary N) is 1. The molecule has 10 heteroatoms. The molecule has 3 aromatic rings. The van der Waals surface area contributed by atoms with Crippen LogP contribution in [-0.2, 0) is 26.0 Å². The number of aromatic amines is 1. The number of carbonyl (C=O) groups excluding carboxylic acids is 2. The normalized spacial score (nSPS) is 16.9. The Morgan fingerprint density at radius 2 is 1.86 bits per heavy atom. The minimum absolute atomic E-state index is 0.000528. The lowest BCUT2D eigenvalue weighted by molar-refractivity contribution is -0.131. The number of pyridine rings is 1. The molecule has 0 bridgehead atoms. The van der Waals surface area contributed by atoms with E-state index in [1.165, 1.54) is 4.31 Å². The molecule has 1 N–H and O–H groups in total. The summed E-state index contributed by atoms with van der Waals surface area (Å²) in [7, 11) is -3.23. The number of benzene rings is 1. The Labute approximate surface area is 211 Å². The third-order valence-corrected chi connectivity index (χ3v) is 8.98. The van der Waals surface area contributed by atoms with Crippen molar-refractivity contribution < 1.29 is 18.0 Å². The van der Waals surface area contributed by atoms with E-state index in [0.29, 0.717) is 38.4 Å². The highest BCUT2D eigenvalue weighted by Crippen LogP contribution is 2.35. The Balaban J connectivity index is 1.28. The first kappa shape index (κ1) is 24.5. The number of carbonyl (C=O) groups is 2. The SMILES string of the molecule is CCCS(=O)(=O)N1CCN(C(=O)Cc2ccc(-c3cc(N(C=O)C4CC4)nc4[nH]ccc34)cc2)CC1. The first-order chi connectivity index (χ1) is 17.4. The fourth-order valence-electron chi connectivity index (χ4n) is 4.77. The molecule has 2 fully saturated rings. The maximum atomic E-state index is 12.9. The largest absolute Gasteiger partial charge is 0.346 e. The van der Waals surface area contributed by atoms with Gasteiger partial charge in [0.2, 0.25) is 22.3 Å². The molecule has 2 amide bonds. The molecule has 2 aromatic heterocycles. The van der Waals surface area contributed by atoms with E-state index in [2.05, 4.69) is 9.97 Å². The number of nitrogens with zero attached hydrogens (tertiary/aromatic N) is 4. The molecule has 9 nitrogen and oxygen atoms in total. The number of aromatic nitrogens is 2. The van der Waals surface area contributed by atoms with Gasteiger partial charge in [-0.1, -0.05) is 31.2 Å². The maximum Gasteiger partial charge on any atom is 0.227 e. The molecule has 0 spiro atoms. The van der Waals surface area contributed by atoms with Gasteiger partial charge >= 0.3 is 0 Å². The Kier molecular flexibility index (Phi) is 6.81. The standard InChI is InChI=1S/C26H31N5O4S/c1-2-15-36(34,35)30-13-11-29(12-14-30)25(33)16-19-3-5-20(6-4-19)23-17-24(31(18-32)21-7-8-21)28-26-22(23)9-10-27-26/h3-6,9-10,17-18,21H,2,7-8,11-16H2,1H3,(H,27,28). The molecule has 1 aromatic carbocycles. The zero-order valence-electron chi connectivity index (χ0n) is 20.4. The number of anilines is 1. The zero-order chi connectivity index (χ0) is 25.3. The highest BCUT2D eigenvalue weighted by Gasteiger charge is 2.31. The summed E-state index contributed by atoms with van der Waals surface area (Å²) in [4.78, 5) is 35.8. The van der Waals surface area contributed by atoms with Crippen LogP contribution in [0.4, 0.5) is 5.82 Å². The molecule has 5 rings (SSSR count). The molecule has 1 aliphatic carbocycles. The summed E-state index contributed by atoms with van der Waals surface area (Å²) in [5.41, 5.74) is 3.59. The van der Waals surface area contributed by atoms with E-state index in [4.69, 9.17) is 0 Å². The molecule has 1 aliphatic heterocycles. The number of hydrogen-bond donors (Lipinski definition) is 1. The molecule has 2 aliphatic rings. The molecular weight excluding hydrogens is 478 g/mol. The van der Waals surface area contributed by atoms with Gasteiger partial charge in [0.05, 0.1) is 12.2 Å². The fraction of sp³-hybridized carbons (Fsp3) is 0.423. The minimum Gasteiger partial charge on any atom is -0.346 e. The van der Waals surface area contributed by atoms with E-state index >= 15 is 0 Å². The summed E-state index contributed by atoms with van der Waals surface area (Å²) in [5, 5.41) is 0.972. The number of rotatable bonds is 9. The Bertz CT molecular complexity index is 1360. The van der Waals surface area contributed by atoms with E-state index in [9.17, 15) is 18.0 Å². The van der Waals surface area contributed by atoms with Crippen LogP contribution in [0.25, 0.3) is 22.2 Å². The van der Waals surface area contributed by atoms with Gasteiger partial charge in [0.1, 0.15) is 11.5 Å². The van der Waals surface area contributed by atoms with Gasteiger partial charge in [0.25, 0.3) is 0 Å². The van der Waals surface area contributed by atoms with Crippen LogP contribution in [0.15, 0.2) is 42.6 Å². The monoisotopic (exact) mass is 509 g/mol. The topological polar surface area (TPSA) is 107 Å². The lowest BCUT2D eigenvalue weighted by Crippen LogP contribution is -2.51. The summed E-state index contributed by atoms with van der Waals surface area (Å²) < 4.78 is 26.0. The Hall–Kier alpha value is -3.24. The van der Waals surface area contributed by atoms with E-state index in [-0.39, 0.29) is 24.1 Å². The third kappa shape index (κ3) is 5.01. The van der Waals surface area contributed by atoms with Crippen molar-refractivity contribution in [3.05, 3.63) is 48.2 Å². The predicted molar refractivity (Wildman–Crippen MR) is 139 cm³/mol. The molecule has 190 valence electrons. The molecule has 3 heterocycles. The second-order valence-corrected chi connectivity index (χ2v) is 11.6. The second-order valence-electron chi connectivity index (χ2n) is 9.48. The van der Waals surface area contributed by atoms with Crippen molar-refractivity contribution in [3.63, 3.8) is 0 Å². The quantitative estimate of drug-likeness (QED) is 0.447. The van der Waals surface area contributed by atoms with Gasteiger partial charge in [0, 0.05) is 43.8 Å². The van der Waals surface area contributed by atoms with Gasteiger partial charge in [-0.15, -0.1) is 0 Å². The average Bonchev–Trinajstić information content (AvgIpc) is 3.60. The Morgan fingerprint density at radius 3 is 2.50 bits per heavy atom. The van der Waals surface area contributed by atoms with Crippen LogP contribution in [0.5, 0.6) is 0 Å². The van der Waals surface area contributed by atoms with Gasteiger partial charge in [-0.3, -0.25) is 14.5 Å². The average molecular weight is 510 g/mol. The van der Waals surface area contributed by atoms with Gasteiger partial charge in [0.15, 0.2) is 0 Å². The molecule has 36 heavy (non-hydrogen) atoms. The molecule has 1 saturated carbocycles. The van der Waals surface area contributed by atoms with E-state index in [0.717, 1.165) is 47.0 Å². The van der Waals surface area contributed by atoms with Gasteiger partial charge in [-0.05, 0) is 48.1 Å². The van der Waals surface area contributed by atoms with Crippen LogP contribution in [0.1, 0.15) is 31.7 Å².